The van der Waals surface area contributed by atoms with Gasteiger partial charge in [0.1, 0.15) is 11.6 Å². The molecule has 0 aliphatic carbocycles. The molecule has 3 aromatic rings. The molecule has 1 aromatic carbocycles. The van der Waals surface area contributed by atoms with Crippen LogP contribution in [0.25, 0.3) is 11.3 Å². The van der Waals surface area contributed by atoms with Gasteiger partial charge < -0.3 is 5.32 Å². The van der Waals surface area contributed by atoms with Crippen molar-refractivity contribution in [3.8, 4) is 11.3 Å². The van der Waals surface area contributed by atoms with E-state index >= 15 is 0 Å². The number of nitrogens with zero attached hydrogens (tertiary/aromatic N) is 3. The molecule has 1 aliphatic rings. The molecule has 4 rings (SSSR count). The molecule has 0 atom stereocenters. The minimum Gasteiger partial charge on any atom is -0.366 e. The van der Waals surface area contributed by atoms with Crippen LogP contribution in [0.1, 0.15) is 31.0 Å². The molecule has 0 amide bonds. The number of halogens is 2. The number of hydrogen-bond donors (Lipinski definition) is 1. The molecule has 3 heterocycles. The van der Waals surface area contributed by atoms with E-state index in [-0.39, 0.29) is 11.6 Å². The lowest BCUT2D eigenvalue weighted by molar-refractivity contribution is 0.272. The van der Waals surface area contributed by atoms with Gasteiger partial charge in [0.25, 0.3) is 0 Å². The predicted octanol–water partition coefficient (Wildman–Crippen LogP) is 5.15. The third kappa shape index (κ3) is 6.11. The lowest BCUT2D eigenvalue weighted by atomic mass is 9.92. The number of piperidine rings is 1. The van der Waals surface area contributed by atoms with Gasteiger partial charge in [0.05, 0.1) is 16.5 Å². The summed E-state index contributed by atoms with van der Waals surface area (Å²) in [5, 5.41) is 3.74. The Morgan fingerprint density at radius 2 is 1.91 bits per heavy atom. The van der Waals surface area contributed by atoms with Crippen LogP contribution >= 0.6 is 11.6 Å². The zero-order valence-electron chi connectivity index (χ0n) is 19.0. The van der Waals surface area contributed by atoms with Gasteiger partial charge in [-0.25, -0.2) is 22.1 Å². The van der Waals surface area contributed by atoms with Crippen LogP contribution in [-0.4, -0.2) is 41.5 Å². The SMILES string of the molecule is CCS(=O)(=O)N1CCC(Cc2cc(-c3cccc(NCc4cccc(F)c4)n3)c(Cl)cn2)CC1. The summed E-state index contributed by atoms with van der Waals surface area (Å²) in [5.41, 5.74) is 3.26. The standard InChI is InChI=1S/C25H28ClFN4O2S/c1-2-34(32,33)31-11-9-18(10-12-31)14-21-15-22(23(26)17-28-21)24-7-4-8-25(30-24)29-16-19-5-3-6-20(27)13-19/h3-8,13,15,17-18H,2,9-12,14,16H2,1H3,(H,29,30). The number of anilines is 1. The molecule has 1 fully saturated rings. The predicted molar refractivity (Wildman–Crippen MR) is 134 cm³/mol. The first kappa shape index (κ1) is 24.6. The summed E-state index contributed by atoms with van der Waals surface area (Å²) in [4.78, 5) is 9.19. The van der Waals surface area contributed by atoms with Crippen LogP contribution in [-0.2, 0) is 23.0 Å². The average Bonchev–Trinajstić information content (AvgIpc) is 2.84. The molecule has 0 saturated carbocycles. The van der Waals surface area contributed by atoms with E-state index in [2.05, 4.69) is 15.3 Å². The average molecular weight is 503 g/mol. The van der Waals surface area contributed by atoms with Gasteiger partial charge >= 0.3 is 0 Å². The van der Waals surface area contributed by atoms with E-state index in [0.717, 1.165) is 41.8 Å². The molecule has 34 heavy (non-hydrogen) atoms. The van der Waals surface area contributed by atoms with Crippen LogP contribution in [0.3, 0.4) is 0 Å². The van der Waals surface area contributed by atoms with E-state index in [1.54, 1.807) is 23.5 Å². The largest absolute Gasteiger partial charge is 0.366 e. The summed E-state index contributed by atoms with van der Waals surface area (Å²) < 4.78 is 39.2. The topological polar surface area (TPSA) is 75.2 Å². The van der Waals surface area contributed by atoms with E-state index in [0.29, 0.717) is 36.4 Å². The molecule has 1 saturated heterocycles. The summed E-state index contributed by atoms with van der Waals surface area (Å²) in [5.74, 6) is 0.913. The number of aromatic nitrogens is 2. The highest BCUT2D eigenvalue weighted by Gasteiger charge is 2.27. The number of pyridine rings is 2. The van der Waals surface area contributed by atoms with Crippen molar-refractivity contribution in [2.24, 2.45) is 5.92 Å². The number of hydrogen-bond acceptors (Lipinski definition) is 5. The molecule has 6 nitrogen and oxygen atoms in total. The highest BCUT2D eigenvalue weighted by atomic mass is 35.5. The van der Waals surface area contributed by atoms with Gasteiger partial charge in [0, 0.05) is 37.1 Å². The quantitative estimate of drug-likeness (QED) is 0.461. The van der Waals surface area contributed by atoms with Gasteiger partial charge in [-0.3, -0.25) is 4.98 Å². The zero-order chi connectivity index (χ0) is 24.1. The Kier molecular flexibility index (Phi) is 7.80. The molecule has 1 aliphatic heterocycles. The second-order valence-corrected chi connectivity index (χ2v) is 11.2. The molecule has 9 heteroatoms. The van der Waals surface area contributed by atoms with Gasteiger partial charge in [0.15, 0.2) is 0 Å². The summed E-state index contributed by atoms with van der Waals surface area (Å²) in [6, 6.07) is 14.1. The third-order valence-electron chi connectivity index (χ3n) is 6.13. The molecule has 0 bridgehead atoms. The molecule has 0 unspecified atom stereocenters. The second-order valence-electron chi connectivity index (χ2n) is 8.49. The van der Waals surface area contributed by atoms with Gasteiger partial charge in [-0.05, 0) is 68.0 Å². The molecule has 1 N–H and O–H groups in total. The molecular formula is C25H28ClFN4O2S. The number of sulfonamides is 1. The maximum atomic E-state index is 13.4. The Balaban J connectivity index is 1.43. The lowest BCUT2D eigenvalue weighted by Gasteiger charge is -2.30. The lowest BCUT2D eigenvalue weighted by Crippen LogP contribution is -2.39. The molecule has 180 valence electrons. The fraction of sp³-hybridized carbons (Fsp3) is 0.360. The monoisotopic (exact) mass is 502 g/mol. The normalized spacial score (nSPS) is 15.4. The smallest absolute Gasteiger partial charge is 0.213 e. The minimum atomic E-state index is -3.13. The van der Waals surface area contributed by atoms with Crippen molar-refractivity contribution in [1.29, 1.82) is 0 Å². The van der Waals surface area contributed by atoms with Gasteiger partial charge in [-0.2, -0.15) is 0 Å². The number of benzene rings is 1. The molecule has 0 spiro atoms. The maximum Gasteiger partial charge on any atom is 0.213 e. The van der Waals surface area contributed by atoms with Crippen molar-refractivity contribution in [2.45, 2.75) is 32.7 Å². The van der Waals surface area contributed by atoms with E-state index in [9.17, 15) is 12.8 Å². The van der Waals surface area contributed by atoms with Crippen LogP contribution in [0.15, 0.2) is 54.7 Å². The molecular weight excluding hydrogens is 475 g/mol. The van der Waals surface area contributed by atoms with Gasteiger partial charge in [-0.1, -0.05) is 29.8 Å². The van der Waals surface area contributed by atoms with Crippen LogP contribution in [0.4, 0.5) is 10.2 Å². The van der Waals surface area contributed by atoms with Crippen molar-refractivity contribution in [3.63, 3.8) is 0 Å². The fourth-order valence-electron chi connectivity index (χ4n) is 4.18. The fourth-order valence-corrected chi connectivity index (χ4v) is 5.51. The van der Waals surface area contributed by atoms with Crippen molar-refractivity contribution >= 4 is 27.4 Å². The first-order chi connectivity index (χ1) is 16.3. The van der Waals surface area contributed by atoms with E-state index in [4.69, 9.17) is 11.6 Å². The maximum absolute atomic E-state index is 13.4. The molecule has 0 radical (unpaired) electrons. The zero-order valence-corrected chi connectivity index (χ0v) is 20.6. The van der Waals surface area contributed by atoms with Crippen molar-refractivity contribution in [1.82, 2.24) is 14.3 Å². The summed E-state index contributed by atoms with van der Waals surface area (Å²) >= 11 is 6.46. The Morgan fingerprint density at radius 1 is 1.15 bits per heavy atom. The Labute approximate surface area is 205 Å². The van der Waals surface area contributed by atoms with E-state index in [1.165, 1.54) is 12.1 Å². The highest BCUT2D eigenvalue weighted by molar-refractivity contribution is 7.89. The van der Waals surface area contributed by atoms with Crippen LogP contribution in [0.5, 0.6) is 0 Å². The van der Waals surface area contributed by atoms with Crippen molar-refractivity contribution in [3.05, 3.63) is 76.8 Å². The van der Waals surface area contributed by atoms with E-state index in [1.807, 2.05) is 30.3 Å². The Morgan fingerprint density at radius 3 is 2.65 bits per heavy atom. The van der Waals surface area contributed by atoms with Crippen LogP contribution in [0, 0.1) is 11.7 Å². The third-order valence-corrected chi connectivity index (χ3v) is 8.31. The van der Waals surface area contributed by atoms with Crippen LogP contribution < -0.4 is 5.32 Å². The van der Waals surface area contributed by atoms with Crippen molar-refractivity contribution < 1.29 is 12.8 Å². The first-order valence-corrected chi connectivity index (χ1v) is 13.4. The van der Waals surface area contributed by atoms with Gasteiger partial charge in [-0.15, -0.1) is 0 Å². The van der Waals surface area contributed by atoms with E-state index < -0.39 is 10.0 Å². The van der Waals surface area contributed by atoms with Crippen LogP contribution in [0.2, 0.25) is 5.02 Å². The summed E-state index contributed by atoms with van der Waals surface area (Å²) in [6.45, 7) is 3.25. The summed E-state index contributed by atoms with van der Waals surface area (Å²) in [7, 11) is -3.13. The number of nitrogens with one attached hydrogen (secondary N) is 1. The number of rotatable bonds is 8. The Bertz CT molecular complexity index is 1250. The first-order valence-electron chi connectivity index (χ1n) is 11.4. The summed E-state index contributed by atoms with van der Waals surface area (Å²) in [6.07, 6.45) is 4.05. The Hall–Kier alpha value is -2.55. The van der Waals surface area contributed by atoms with Gasteiger partial charge in [0.2, 0.25) is 10.0 Å². The highest BCUT2D eigenvalue weighted by Crippen LogP contribution is 2.30. The minimum absolute atomic E-state index is 0.142. The second kappa shape index (κ2) is 10.8. The van der Waals surface area contributed by atoms with Crippen molar-refractivity contribution in [2.75, 3.05) is 24.2 Å². The molecule has 2 aromatic heterocycles.